The maximum Gasteiger partial charge on any atom is 0.170 e. The first-order valence-electron chi connectivity index (χ1n) is 3.80. The van der Waals surface area contributed by atoms with Crippen LogP contribution in [0.25, 0.3) is 0 Å². The Morgan fingerprint density at radius 3 is 2.50 bits per heavy atom. The second-order valence-corrected chi connectivity index (χ2v) is 2.73. The molecule has 0 spiro atoms. The van der Waals surface area contributed by atoms with Crippen LogP contribution in [0.5, 0.6) is 5.75 Å². The molecule has 2 atom stereocenters. The third-order valence-corrected chi connectivity index (χ3v) is 1.74. The van der Waals surface area contributed by atoms with Gasteiger partial charge in [-0.25, -0.2) is 4.39 Å². The van der Waals surface area contributed by atoms with E-state index in [-0.39, 0.29) is 5.56 Å². The lowest BCUT2D eigenvalue weighted by molar-refractivity contribution is 0.0525. The van der Waals surface area contributed by atoms with E-state index in [1.807, 2.05) is 0 Å². The highest BCUT2D eigenvalue weighted by Crippen LogP contribution is 2.22. The molecule has 14 heavy (non-hydrogen) atoms. The lowest BCUT2D eigenvalue weighted by Gasteiger charge is -2.11. The molecule has 0 aliphatic rings. The van der Waals surface area contributed by atoms with E-state index in [2.05, 4.69) is 0 Å². The summed E-state index contributed by atoms with van der Waals surface area (Å²) in [6.07, 6.45) is -3.09. The van der Waals surface area contributed by atoms with Gasteiger partial charge in [0.1, 0.15) is 6.10 Å². The summed E-state index contributed by atoms with van der Waals surface area (Å²) in [5, 5.41) is 35.4. The number of hydrogen-bond acceptors (Lipinski definition) is 4. The van der Waals surface area contributed by atoms with Gasteiger partial charge < -0.3 is 15.3 Å². The molecule has 0 bridgehead atoms. The molecule has 0 saturated heterocycles. The first-order chi connectivity index (χ1) is 6.56. The number of phenolic OH excluding ortho intramolecular Hbond substituents is 1. The van der Waals surface area contributed by atoms with Crippen LogP contribution in [-0.2, 0) is 0 Å². The van der Waals surface area contributed by atoms with Crippen molar-refractivity contribution in [2.24, 2.45) is 0 Å². The van der Waals surface area contributed by atoms with Crippen molar-refractivity contribution in [3.63, 3.8) is 0 Å². The van der Waals surface area contributed by atoms with Gasteiger partial charge in [-0.2, -0.15) is 5.26 Å². The van der Waals surface area contributed by atoms with Crippen LogP contribution >= 0.6 is 0 Å². The lowest BCUT2D eigenvalue weighted by Crippen LogP contribution is -2.15. The van der Waals surface area contributed by atoms with Gasteiger partial charge in [-0.15, -0.1) is 0 Å². The Labute approximate surface area is 79.5 Å². The Balaban J connectivity index is 2.98. The molecule has 3 N–H and O–H groups in total. The summed E-state index contributed by atoms with van der Waals surface area (Å²) < 4.78 is 12.8. The van der Waals surface area contributed by atoms with E-state index in [9.17, 15) is 9.50 Å². The van der Waals surface area contributed by atoms with E-state index in [0.29, 0.717) is 0 Å². The number of phenols is 1. The number of aromatic hydroxyl groups is 1. The molecule has 0 aliphatic carbocycles. The summed E-state index contributed by atoms with van der Waals surface area (Å²) in [4.78, 5) is 0. The van der Waals surface area contributed by atoms with Gasteiger partial charge in [0.2, 0.25) is 0 Å². The van der Waals surface area contributed by atoms with Gasteiger partial charge in [0.25, 0.3) is 0 Å². The molecule has 0 saturated carbocycles. The van der Waals surface area contributed by atoms with Gasteiger partial charge in [0.15, 0.2) is 17.7 Å². The zero-order valence-corrected chi connectivity index (χ0v) is 7.05. The molecule has 1 aromatic carbocycles. The molecule has 1 aromatic rings. The van der Waals surface area contributed by atoms with Crippen LogP contribution in [0, 0.1) is 17.1 Å². The van der Waals surface area contributed by atoms with Gasteiger partial charge in [-0.3, -0.25) is 0 Å². The molecule has 74 valence electrons. The fourth-order valence-electron chi connectivity index (χ4n) is 0.960. The number of nitrogens with zero attached hydrogens (tertiary/aromatic N) is 1. The Kier molecular flexibility index (Phi) is 3.02. The second-order valence-electron chi connectivity index (χ2n) is 2.73. The Morgan fingerprint density at radius 2 is 2.00 bits per heavy atom. The van der Waals surface area contributed by atoms with Crippen LogP contribution in [0.4, 0.5) is 4.39 Å². The molecule has 0 amide bonds. The molecule has 0 aromatic heterocycles. The average Bonchev–Trinajstić information content (AvgIpc) is 2.20. The minimum Gasteiger partial charge on any atom is -0.505 e. The standard InChI is InChI=1S/C9H8FNO3/c10-6-3-5(1-2-7(6)12)9(14)8(13)4-11/h1-3,8-9,12-14H. The van der Waals surface area contributed by atoms with Crippen LogP contribution < -0.4 is 0 Å². The van der Waals surface area contributed by atoms with E-state index in [1.165, 1.54) is 12.1 Å². The fraction of sp³-hybridized carbons (Fsp3) is 0.222. The normalized spacial score (nSPS) is 14.4. The molecule has 5 heteroatoms. The monoisotopic (exact) mass is 197 g/mol. The van der Waals surface area contributed by atoms with Crippen LogP contribution in [0.15, 0.2) is 18.2 Å². The first-order valence-corrected chi connectivity index (χ1v) is 3.80. The molecular weight excluding hydrogens is 189 g/mol. The van der Waals surface area contributed by atoms with Crippen molar-refractivity contribution >= 4 is 0 Å². The van der Waals surface area contributed by atoms with Crippen molar-refractivity contribution in [2.75, 3.05) is 0 Å². The van der Waals surface area contributed by atoms with E-state index in [0.717, 1.165) is 12.1 Å². The second kappa shape index (κ2) is 4.05. The highest BCUT2D eigenvalue weighted by Gasteiger charge is 2.18. The Morgan fingerprint density at radius 1 is 1.36 bits per heavy atom. The third-order valence-electron chi connectivity index (χ3n) is 1.74. The van der Waals surface area contributed by atoms with Gasteiger partial charge in [-0.05, 0) is 17.7 Å². The summed E-state index contributed by atoms with van der Waals surface area (Å²) in [6, 6.07) is 4.55. The van der Waals surface area contributed by atoms with Crippen molar-refractivity contribution in [1.29, 1.82) is 5.26 Å². The van der Waals surface area contributed by atoms with Crippen molar-refractivity contribution in [3.8, 4) is 11.8 Å². The number of aliphatic hydroxyl groups is 2. The fourth-order valence-corrected chi connectivity index (χ4v) is 0.960. The topological polar surface area (TPSA) is 84.5 Å². The third kappa shape index (κ3) is 1.99. The minimum atomic E-state index is -1.61. The van der Waals surface area contributed by atoms with Gasteiger partial charge in [-0.1, -0.05) is 6.07 Å². The SMILES string of the molecule is N#CC(O)C(O)c1ccc(O)c(F)c1. The van der Waals surface area contributed by atoms with Crippen molar-refractivity contribution in [1.82, 2.24) is 0 Å². The van der Waals surface area contributed by atoms with E-state index >= 15 is 0 Å². The van der Waals surface area contributed by atoms with E-state index in [4.69, 9.17) is 15.5 Å². The maximum atomic E-state index is 12.8. The highest BCUT2D eigenvalue weighted by atomic mass is 19.1. The molecule has 2 unspecified atom stereocenters. The number of aliphatic hydroxyl groups excluding tert-OH is 2. The zero-order valence-electron chi connectivity index (χ0n) is 7.05. The van der Waals surface area contributed by atoms with Crippen LogP contribution in [0.2, 0.25) is 0 Å². The van der Waals surface area contributed by atoms with Crippen molar-refractivity contribution in [2.45, 2.75) is 12.2 Å². The van der Waals surface area contributed by atoms with Crippen molar-refractivity contribution in [3.05, 3.63) is 29.6 Å². The highest BCUT2D eigenvalue weighted by molar-refractivity contribution is 5.30. The summed E-state index contributed by atoms with van der Waals surface area (Å²) in [6.45, 7) is 0. The summed E-state index contributed by atoms with van der Waals surface area (Å²) in [7, 11) is 0. The van der Waals surface area contributed by atoms with E-state index in [1.54, 1.807) is 0 Å². The largest absolute Gasteiger partial charge is 0.505 e. The minimum absolute atomic E-state index is 0.0364. The molecule has 1 rings (SSSR count). The van der Waals surface area contributed by atoms with Crippen LogP contribution in [-0.4, -0.2) is 21.4 Å². The van der Waals surface area contributed by atoms with Crippen LogP contribution in [0.3, 0.4) is 0 Å². The van der Waals surface area contributed by atoms with E-state index < -0.39 is 23.8 Å². The first kappa shape index (κ1) is 10.4. The predicted molar refractivity (Wildman–Crippen MR) is 44.6 cm³/mol. The average molecular weight is 197 g/mol. The summed E-state index contributed by atoms with van der Waals surface area (Å²) in [5.41, 5.74) is 0.0364. The molecule has 0 heterocycles. The van der Waals surface area contributed by atoms with Gasteiger partial charge >= 0.3 is 0 Å². The number of nitriles is 1. The number of benzene rings is 1. The quantitative estimate of drug-likeness (QED) is 0.601. The number of halogens is 1. The van der Waals surface area contributed by atoms with Crippen LogP contribution in [0.1, 0.15) is 11.7 Å². The predicted octanol–water partition coefficient (Wildman–Crippen LogP) is 0.449. The Bertz CT molecular complexity index is 375. The van der Waals surface area contributed by atoms with Crippen molar-refractivity contribution < 1.29 is 19.7 Å². The number of hydrogen-bond donors (Lipinski definition) is 3. The smallest absolute Gasteiger partial charge is 0.170 e. The molecule has 0 fully saturated rings. The summed E-state index contributed by atoms with van der Waals surface area (Å²) in [5.74, 6) is -1.46. The maximum absolute atomic E-state index is 12.8. The zero-order chi connectivity index (χ0) is 10.7. The van der Waals surface area contributed by atoms with Gasteiger partial charge in [0, 0.05) is 0 Å². The molecule has 0 radical (unpaired) electrons. The molecule has 0 aliphatic heterocycles. The molecular formula is C9H8FNO3. The lowest BCUT2D eigenvalue weighted by atomic mass is 10.1. The molecule has 4 nitrogen and oxygen atoms in total. The number of rotatable bonds is 2. The Hall–Kier alpha value is -1.64. The van der Waals surface area contributed by atoms with Gasteiger partial charge in [0.05, 0.1) is 6.07 Å². The summed E-state index contributed by atoms with van der Waals surface area (Å²) >= 11 is 0.